The highest BCUT2D eigenvalue weighted by Gasteiger charge is 2.33. The SMILES string of the molecule is O=C(Cc1cccs1)NC1(CCl)CCOCC1. The molecule has 1 fully saturated rings. The van der Waals surface area contributed by atoms with Gasteiger partial charge in [0.25, 0.3) is 0 Å². The van der Waals surface area contributed by atoms with Crippen molar-refractivity contribution in [2.24, 2.45) is 0 Å². The van der Waals surface area contributed by atoms with Crippen LogP contribution in [0.5, 0.6) is 0 Å². The lowest BCUT2D eigenvalue weighted by Gasteiger charge is -2.36. The molecule has 17 heavy (non-hydrogen) atoms. The summed E-state index contributed by atoms with van der Waals surface area (Å²) < 4.78 is 5.31. The molecule has 1 saturated heterocycles. The van der Waals surface area contributed by atoms with Crippen molar-refractivity contribution in [2.45, 2.75) is 24.8 Å². The van der Waals surface area contributed by atoms with E-state index in [0.717, 1.165) is 17.7 Å². The molecule has 0 atom stereocenters. The number of halogens is 1. The summed E-state index contributed by atoms with van der Waals surface area (Å²) in [7, 11) is 0. The van der Waals surface area contributed by atoms with Gasteiger partial charge in [-0.15, -0.1) is 22.9 Å². The van der Waals surface area contributed by atoms with Crippen molar-refractivity contribution in [3.05, 3.63) is 22.4 Å². The second-order valence-electron chi connectivity index (χ2n) is 4.33. The number of carbonyl (C=O) groups excluding carboxylic acids is 1. The van der Waals surface area contributed by atoms with E-state index in [0.29, 0.717) is 25.5 Å². The summed E-state index contributed by atoms with van der Waals surface area (Å²) in [6, 6.07) is 3.93. The van der Waals surface area contributed by atoms with E-state index in [-0.39, 0.29) is 11.4 Å². The van der Waals surface area contributed by atoms with E-state index < -0.39 is 0 Å². The first-order valence-corrected chi connectivity index (χ1v) is 7.13. The van der Waals surface area contributed by atoms with E-state index in [2.05, 4.69) is 5.32 Å². The first-order chi connectivity index (χ1) is 8.24. The topological polar surface area (TPSA) is 38.3 Å². The lowest BCUT2D eigenvalue weighted by atomic mass is 9.92. The van der Waals surface area contributed by atoms with Crippen LogP contribution in [0.25, 0.3) is 0 Å². The van der Waals surface area contributed by atoms with E-state index >= 15 is 0 Å². The van der Waals surface area contributed by atoms with E-state index in [1.165, 1.54) is 0 Å². The highest BCUT2D eigenvalue weighted by Crippen LogP contribution is 2.22. The molecule has 0 spiro atoms. The van der Waals surface area contributed by atoms with Crippen molar-refractivity contribution < 1.29 is 9.53 Å². The van der Waals surface area contributed by atoms with E-state index in [9.17, 15) is 4.79 Å². The summed E-state index contributed by atoms with van der Waals surface area (Å²) in [5.41, 5.74) is -0.270. The number of nitrogens with one attached hydrogen (secondary N) is 1. The summed E-state index contributed by atoms with van der Waals surface area (Å²) >= 11 is 7.60. The van der Waals surface area contributed by atoms with Gasteiger partial charge >= 0.3 is 0 Å². The summed E-state index contributed by atoms with van der Waals surface area (Å²) in [4.78, 5) is 13.0. The fourth-order valence-electron chi connectivity index (χ4n) is 1.97. The molecular formula is C12H16ClNO2S. The predicted molar refractivity (Wildman–Crippen MR) is 69.7 cm³/mol. The fraction of sp³-hybridized carbons (Fsp3) is 0.583. The number of amides is 1. The Hall–Kier alpha value is -0.580. The molecule has 3 nitrogen and oxygen atoms in total. The maximum atomic E-state index is 11.9. The molecule has 0 aliphatic carbocycles. The molecule has 94 valence electrons. The zero-order chi connectivity index (χ0) is 12.1. The Morgan fingerprint density at radius 3 is 2.88 bits per heavy atom. The third-order valence-corrected chi connectivity index (χ3v) is 4.41. The molecule has 0 bridgehead atoms. The van der Waals surface area contributed by atoms with Gasteiger partial charge in [0.1, 0.15) is 0 Å². The van der Waals surface area contributed by atoms with Crippen LogP contribution in [0, 0.1) is 0 Å². The smallest absolute Gasteiger partial charge is 0.225 e. The minimum absolute atomic E-state index is 0.0509. The molecule has 1 N–H and O–H groups in total. The van der Waals surface area contributed by atoms with Gasteiger partial charge in [0.15, 0.2) is 0 Å². The Balaban J connectivity index is 1.91. The molecule has 1 aliphatic rings. The molecule has 0 radical (unpaired) electrons. The van der Waals surface area contributed by atoms with Crippen molar-refractivity contribution in [2.75, 3.05) is 19.1 Å². The van der Waals surface area contributed by atoms with Gasteiger partial charge in [-0.05, 0) is 24.3 Å². The van der Waals surface area contributed by atoms with E-state index in [4.69, 9.17) is 16.3 Å². The molecule has 1 aromatic heterocycles. The summed E-state index contributed by atoms with van der Waals surface area (Å²) in [6.45, 7) is 1.35. The lowest BCUT2D eigenvalue weighted by Crippen LogP contribution is -2.53. The van der Waals surface area contributed by atoms with Crippen LogP contribution in [0.4, 0.5) is 0 Å². The van der Waals surface area contributed by atoms with Gasteiger partial charge in [0.2, 0.25) is 5.91 Å². The zero-order valence-corrected chi connectivity index (χ0v) is 11.1. The van der Waals surface area contributed by atoms with Gasteiger partial charge in [-0.2, -0.15) is 0 Å². The van der Waals surface area contributed by atoms with Gasteiger partial charge in [-0.1, -0.05) is 6.07 Å². The van der Waals surface area contributed by atoms with Crippen LogP contribution >= 0.6 is 22.9 Å². The highest BCUT2D eigenvalue weighted by molar-refractivity contribution is 7.10. The van der Waals surface area contributed by atoms with Gasteiger partial charge in [-0.25, -0.2) is 0 Å². The number of carbonyl (C=O) groups is 1. The third-order valence-electron chi connectivity index (χ3n) is 3.03. The Kier molecular flexibility index (Phi) is 4.42. The van der Waals surface area contributed by atoms with Gasteiger partial charge in [0.05, 0.1) is 12.0 Å². The van der Waals surface area contributed by atoms with Crippen LogP contribution in [-0.4, -0.2) is 30.5 Å². The molecule has 1 aromatic rings. The summed E-state index contributed by atoms with van der Waals surface area (Å²) in [5, 5.41) is 5.06. The maximum absolute atomic E-state index is 11.9. The minimum atomic E-state index is -0.270. The first-order valence-electron chi connectivity index (χ1n) is 5.71. The normalized spacial score (nSPS) is 18.9. The average molecular weight is 274 g/mol. The molecule has 0 saturated carbocycles. The maximum Gasteiger partial charge on any atom is 0.225 e. The highest BCUT2D eigenvalue weighted by atomic mass is 35.5. The van der Waals surface area contributed by atoms with Crippen molar-refractivity contribution in [1.82, 2.24) is 5.32 Å². The predicted octanol–water partition coefficient (Wildman–Crippen LogP) is 2.19. The van der Waals surface area contributed by atoms with Crippen LogP contribution < -0.4 is 5.32 Å². The first kappa shape index (κ1) is 12.9. The monoisotopic (exact) mass is 273 g/mol. The number of alkyl halides is 1. The number of rotatable bonds is 4. The number of hydrogen-bond acceptors (Lipinski definition) is 3. The van der Waals surface area contributed by atoms with Crippen LogP contribution in [-0.2, 0) is 16.0 Å². The molecule has 2 heterocycles. The molecule has 2 rings (SSSR count). The quantitative estimate of drug-likeness (QED) is 0.854. The average Bonchev–Trinajstić information content (AvgIpc) is 2.83. The number of hydrogen-bond donors (Lipinski definition) is 1. The molecule has 0 aromatic carbocycles. The third kappa shape index (κ3) is 3.44. The molecular weight excluding hydrogens is 258 g/mol. The Labute approximate surface area is 110 Å². The van der Waals surface area contributed by atoms with Gasteiger partial charge in [0, 0.05) is 24.0 Å². The van der Waals surface area contributed by atoms with Crippen LogP contribution in [0.1, 0.15) is 17.7 Å². The summed E-state index contributed by atoms with van der Waals surface area (Å²) in [6.07, 6.45) is 2.04. The standard InChI is InChI=1S/C12H16ClNO2S/c13-9-12(3-5-16-6-4-12)14-11(15)8-10-2-1-7-17-10/h1-2,7H,3-6,8-9H2,(H,14,15). The fourth-order valence-corrected chi connectivity index (χ4v) is 3.00. The molecule has 1 aliphatic heterocycles. The molecule has 0 unspecified atom stereocenters. The van der Waals surface area contributed by atoms with E-state index in [1.807, 2.05) is 17.5 Å². The van der Waals surface area contributed by atoms with Crippen LogP contribution in [0.15, 0.2) is 17.5 Å². The number of thiophene rings is 1. The largest absolute Gasteiger partial charge is 0.381 e. The number of ether oxygens (including phenoxy) is 1. The Morgan fingerprint density at radius 1 is 1.53 bits per heavy atom. The second-order valence-corrected chi connectivity index (χ2v) is 5.63. The molecule has 1 amide bonds. The summed E-state index contributed by atoms with van der Waals surface area (Å²) in [5.74, 6) is 0.502. The lowest BCUT2D eigenvalue weighted by molar-refractivity contribution is -0.123. The van der Waals surface area contributed by atoms with Crippen molar-refractivity contribution in [3.63, 3.8) is 0 Å². The van der Waals surface area contributed by atoms with Crippen LogP contribution in [0.2, 0.25) is 0 Å². The van der Waals surface area contributed by atoms with Crippen molar-refractivity contribution in [1.29, 1.82) is 0 Å². The van der Waals surface area contributed by atoms with Gasteiger partial charge < -0.3 is 10.1 Å². The Bertz CT molecular complexity index is 361. The minimum Gasteiger partial charge on any atom is -0.381 e. The van der Waals surface area contributed by atoms with Crippen LogP contribution in [0.3, 0.4) is 0 Å². The molecule has 5 heteroatoms. The second kappa shape index (κ2) is 5.85. The van der Waals surface area contributed by atoms with Crippen molar-refractivity contribution in [3.8, 4) is 0 Å². The Morgan fingerprint density at radius 2 is 2.29 bits per heavy atom. The van der Waals surface area contributed by atoms with Gasteiger partial charge in [-0.3, -0.25) is 4.79 Å². The van der Waals surface area contributed by atoms with E-state index in [1.54, 1.807) is 11.3 Å². The zero-order valence-electron chi connectivity index (χ0n) is 9.58. The van der Waals surface area contributed by atoms with Crippen molar-refractivity contribution >= 4 is 28.8 Å².